The lowest BCUT2D eigenvalue weighted by Crippen LogP contribution is -2.28. The predicted octanol–water partition coefficient (Wildman–Crippen LogP) is 0.470. The fraction of sp³-hybridized carbons (Fsp3) is 0.400. The average Bonchev–Trinajstić information content (AvgIpc) is 2.15. The molecule has 1 unspecified atom stereocenters. The number of hydrogen-bond acceptors (Lipinski definition) is 4. The lowest BCUT2D eigenvalue weighted by atomic mass is 10.1. The monoisotopic (exact) mass is 262 g/mol. The summed E-state index contributed by atoms with van der Waals surface area (Å²) in [7, 11) is -3.50. The van der Waals surface area contributed by atoms with Gasteiger partial charge in [-0.2, -0.15) is 0 Å². The van der Waals surface area contributed by atoms with E-state index in [1.165, 1.54) is 12.1 Å². The minimum absolute atomic E-state index is 0.164. The van der Waals surface area contributed by atoms with Gasteiger partial charge in [-0.3, -0.25) is 0 Å². The van der Waals surface area contributed by atoms with E-state index in [1.54, 1.807) is 6.92 Å². The van der Waals surface area contributed by atoms with Crippen molar-refractivity contribution in [3.05, 3.63) is 29.6 Å². The van der Waals surface area contributed by atoms with Crippen molar-refractivity contribution in [2.45, 2.75) is 13.0 Å². The zero-order valence-corrected chi connectivity index (χ0v) is 10.2. The highest BCUT2D eigenvalue weighted by Gasteiger charge is 2.11. The number of primary sulfonamides is 1. The van der Waals surface area contributed by atoms with Gasteiger partial charge in [0.2, 0.25) is 10.0 Å². The number of nitrogens with one attached hydrogen (secondary N) is 1. The number of sulfonamides is 1. The molecule has 1 rings (SSSR count). The van der Waals surface area contributed by atoms with Gasteiger partial charge in [-0.25, -0.2) is 17.9 Å². The summed E-state index contributed by atoms with van der Waals surface area (Å²) in [5.74, 6) is -0.886. The van der Waals surface area contributed by atoms with Crippen molar-refractivity contribution < 1.29 is 17.9 Å². The summed E-state index contributed by atoms with van der Waals surface area (Å²) in [6.45, 7) is 1.90. The number of aromatic hydroxyl groups is 1. The number of phenolic OH excluding ortho intramolecular Hbond substituents is 1. The topological polar surface area (TPSA) is 92.4 Å². The summed E-state index contributed by atoms with van der Waals surface area (Å²) < 4.78 is 34.1. The summed E-state index contributed by atoms with van der Waals surface area (Å²) in [5, 5.41) is 17.2. The Kier molecular flexibility index (Phi) is 4.44. The highest BCUT2D eigenvalue weighted by atomic mass is 32.2. The molecule has 1 aromatic carbocycles. The molecular formula is C10H15FN2O3S. The van der Waals surface area contributed by atoms with Crippen LogP contribution >= 0.6 is 0 Å². The molecule has 0 fully saturated rings. The fourth-order valence-electron chi connectivity index (χ4n) is 1.41. The van der Waals surface area contributed by atoms with Gasteiger partial charge in [0.1, 0.15) is 11.6 Å². The quantitative estimate of drug-likeness (QED) is 0.719. The Morgan fingerprint density at radius 2 is 2.18 bits per heavy atom. The van der Waals surface area contributed by atoms with E-state index in [0.29, 0.717) is 5.56 Å². The van der Waals surface area contributed by atoms with Gasteiger partial charge < -0.3 is 10.4 Å². The minimum atomic E-state index is -3.50. The van der Waals surface area contributed by atoms with Crippen LogP contribution in [0, 0.1) is 5.82 Å². The Hall–Kier alpha value is -1.18. The van der Waals surface area contributed by atoms with Gasteiger partial charge >= 0.3 is 0 Å². The van der Waals surface area contributed by atoms with Crippen molar-refractivity contribution >= 4 is 10.0 Å². The standard InChI is InChI=1S/C10H15FN2O3S/c1-7(13-4-5-17(12,15)16)9-3-2-8(11)6-10(9)14/h2-3,6-7,13-14H,4-5H2,1H3,(H2,12,15,16). The molecule has 4 N–H and O–H groups in total. The Morgan fingerprint density at radius 3 is 2.71 bits per heavy atom. The number of halogens is 1. The number of hydrogen-bond donors (Lipinski definition) is 3. The maximum absolute atomic E-state index is 12.7. The van der Waals surface area contributed by atoms with Crippen molar-refractivity contribution in [3.63, 3.8) is 0 Å². The van der Waals surface area contributed by atoms with Gasteiger partial charge in [-0.1, -0.05) is 6.07 Å². The Morgan fingerprint density at radius 1 is 1.53 bits per heavy atom. The largest absolute Gasteiger partial charge is 0.508 e. The van der Waals surface area contributed by atoms with Crippen LogP contribution in [-0.4, -0.2) is 25.8 Å². The van der Waals surface area contributed by atoms with Crippen molar-refractivity contribution in [1.29, 1.82) is 0 Å². The third-order valence-corrected chi connectivity index (χ3v) is 3.07. The summed E-state index contributed by atoms with van der Waals surface area (Å²) in [6, 6.07) is 3.39. The summed E-state index contributed by atoms with van der Waals surface area (Å²) in [4.78, 5) is 0. The van der Waals surface area contributed by atoms with Gasteiger partial charge in [0.25, 0.3) is 0 Å². The van der Waals surface area contributed by atoms with Crippen molar-refractivity contribution in [2.75, 3.05) is 12.3 Å². The van der Waals surface area contributed by atoms with Crippen LogP contribution in [0.25, 0.3) is 0 Å². The molecule has 0 aliphatic carbocycles. The Balaban J connectivity index is 2.61. The maximum atomic E-state index is 12.7. The first-order valence-corrected chi connectivity index (χ1v) is 6.73. The van der Waals surface area contributed by atoms with Crippen molar-refractivity contribution in [2.24, 2.45) is 5.14 Å². The minimum Gasteiger partial charge on any atom is -0.508 e. The number of benzene rings is 1. The van der Waals surface area contributed by atoms with Crippen LogP contribution in [0.15, 0.2) is 18.2 Å². The molecule has 1 atom stereocenters. The van der Waals surface area contributed by atoms with E-state index in [1.807, 2.05) is 0 Å². The molecule has 96 valence electrons. The lowest BCUT2D eigenvalue weighted by Gasteiger charge is -2.15. The first-order chi connectivity index (χ1) is 7.79. The van der Waals surface area contributed by atoms with Gasteiger partial charge in [0.15, 0.2) is 0 Å². The van der Waals surface area contributed by atoms with Crippen LogP contribution in [0.1, 0.15) is 18.5 Å². The third-order valence-electron chi connectivity index (χ3n) is 2.30. The van der Waals surface area contributed by atoms with Gasteiger partial charge in [0.05, 0.1) is 5.75 Å². The molecule has 7 heteroatoms. The smallest absolute Gasteiger partial charge is 0.210 e. The third kappa shape index (κ3) is 4.68. The highest BCUT2D eigenvalue weighted by Crippen LogP contribution is 2.24. The number of phenols is 1. The van der Waals surface area contributed by atoms with E-state index in [4.69, 9.17) is 5.14 Å². The fourth-order valence-corrected chi connectivity index (χ4v) is 1.81. The normalized spacial score (nSPS) is 13.6. The summed E-state index contributed by atoms with van der Waals surface area (Å²) in [5.41, 5.74) is 0.501. The molecule has 0 amide bonds. The molecule has 1 aromatic rings. The summed E-state index contributed by atoms with van der Waals surface area (Å²) in [6.07, 6.45) is 0. The number of rotatable bonds is 5. The zero-order valence-electron chi connectivity index (χ0n) is 9.35. The van der Waals surface area contributed by atoms with Gasteiger partial charge in [-0.05, 0) is 13.0 Å². The molecule has 0 bridgehead atoms. The van der Waals surface area contributed by atoms with E-state index >= 15 is 0 Å². The molecule has 0 spiro atoms. The van der Waals surface area contributed by atoms with E-state index in [9.17, 15) is 17.9 Å². The lowest BCUT2D eigenvalue weighted by molar-refractivity contribution is 0.449. The maximum Gasteiger partial charge on any atom is 0.210 e. The molecule has 0 heterocycles. The molecule has 0 radical (unpaired) electrons. The summed E-state index contributed by atoms with van der Waals surface area (Å²) >= 11 is 0. The van der Waals surface area contributed by atoms with E-state index in [2.05, 4.69) is 5.32 Å². The van der Waals surface area contributed by atoms with Gasteiger partial charge in [0, 0.05) is 24.2 Å². The molecular weight excluding hydrogens is 247 g/mol. The molecule has 0 saturated heterocycles. The van der Waals surface area contributed by atoms with Crippen molar-refractivity contribution in [1.82, 2.24) is 5.32 Å². The van der Waals surface area contributed by atoms with E-state index in [-0.39, 0.29) is 24.1 Å². The molecule has 5 nitrogen and oxygen atoms in total. The second-order valence-electron chi connectivity index (χ2n) is 3.75. The molecule has 0 aromatic heterocycles. The average molecular weight is 262 g/mol. The predicted molar refractivity (Wildman–Crippen MR) is 62.5 cm³/mol. The first kappa shape index (κ1) is 13.9. The molecule has 17 heavy (non-hydrogen) atoms. The first-order valence-electron chi connectivity index (χ1n) is 5.02. The molecule has 0 saturated carbocycles. The van der Waals surface area contributed by atoms with Crippen LogP contribution < -0.4 is 10.5 Å². The second-order valence-corrected chi connectivity index (χ2v) is 5.48. The van der Waals surface area contributed by atoms with E-state index in [0.717, 1.165) is 6.07 Å². The van der Waals surface area contributed by atoms with Crippen LogP contribution in [-0.2, 0) is 10.0 Å². The molecule has 0 aliphatic rings. The second kappa shape index (κ2) is 5.44. The van der Waals surface area contributed by atoms with Crippen LogP contribution in [0.4, 0.5) is 4.39 Å². The van der Waals surface area contributed by atoms with Crippen LogP contribution in [0.2, 0.25) is 0 Å². The van der Waals surface area contributed by atoms with Crippen molar-refractivity contribution in [3.8, 4) is 5.75 Å². The van der Waals surface area contributed by atoms with E-state index < -0.39 is 15.8 Å². The Labute approximate surface area is 99.5 Å². The Bertz CT molecular complexity index is 490. The molecule has 0 aliphatic heterocycles. The highest BCUT2D eigenvalue weighted by molar-refractivity contribution is 7.89. The van der Waals surface area contributed by atoms with Crippen LogP contribution in [0.3, 0.4) is 0 Å². The zero-order chi connectivity index (χ0) is 13.1. The SMILES string of the molecule is CC(NCCS(N)(=O)=O)c1ccc(F)cc1O. The van der Waals surface area contributed by atoms with Gasteiger partial charge in [-0.15, -0.1) is 0 Å². The van der Waals surface area contributed by atoms with Crippen LogP contribution in [0.5, 0.6) is 5.75 Å². The number of nitrogens with two attached hydrogens (primary N) is 1.